The third-order valence-electron chi connectivity index (χ3n) is 12.2. The topological polar surface area (TPSA) is 316 Å². The van der Waals surface area contributed by atoms with Gasteiger partial charge in [-0.25, -0.2) is 0 Å². The molecular formula is C66H120O24. The number of rotatable bonds is 48. The maximum Gasteiger partial charge on any atom is 0.309 e. The highest BCUT2D eigenvalue weighted by Gasteiger charge is 2.18. The van der Waals surface area contributed by atoms with E-state index in [1.54, 1.807) is 56.5 Å². The van der Waals surface area contributed by atoms with E-state index in [1.807, 2.05) is 27.7 Å². The predicted molar refractivity (Wildman–Crippen MR) is 339 cm³/mol. The molecule has 0 fully saturated rings. The van der Waals surface area contributed by atoms with Crippen molar-refractivity contribution in [2.24, 2.45) is 23.7 Å². The Hall–Kier alpha value is -5.40. The molecule has 0 aromatic rings. The van der Waals surface area contributed by atoms with Crippen molar-refractivity contribution >= 4 is 70.5 Å². The van der Waals surface area contributed by atoms with Gasteiger partial charge in [0.15, 0.2) is 0 Å². The summed E-state index contributed by atoms with van der Waals surface area (Å²) in [5.41, 5.74) is 0. The van der Waals surface area contributed by atoms with Crippen LogP contribution >= 0.6 is 0 Å². The first-order valence-corrected chi connectivity index (χ1v) is 31.3. The summed E-state index contributed by atoms with van der Waals surface area (Å²) in [5, 5.41) is 0. The van der Waals surface area contributed by atoms with Gasteiger partial charge in [-0.1, -0.05) is 27.7 Å². The van der Waals surface area contributed by atoms with Crippen LogP contribution in [-0.2, 0) is 114 Å². The number of Topliss-reactive ketones (excluding diaryl/α,β-unsaturated/α-hetero) is 6. The molecule has 0 aliphatic rings. The van der Waals surface area contributed by atoms with Gasteiger partial charge in [-0.2, -0.15) is 0 Å². The molecule has 0 bridgehead atoms. The van der Waals surface area contributed by atoms with Crippen molar-refractivity contribution in [1.82, 2.24) is 0 Å². The van der Waals surface area contributed by atoms with Gasteiger partial charge >= 0.3 is 35.8 Å². The lowest BCUT2D eigenvalue weighted by molar-refractivity contribution is -0.150. The quantitative estimate of drug-likeness (QED) is 0.0311. The zero-order valence-electron chi connectivity index (χ0n) is 58.5. The predicted octanol–water partition coefficient (Wildman–Crippen LogP) is 9.71. The second kappa shape index (κ2) is 69.5. The van der Waals surface area contributed by atoms with E-state index in [2.05, 4.69) is 0 Å². The van der Waals surface area contributed by atoms with Gasteiger partial charge in [0.2, 0.25) is 0 Å². The largest absolute Gasteiger partial charge is 0.466 e. The summed E-state index contributed by atoms with van der Waals surface area (Å²) in [5.74, 6) is -1.75. The minimum Gasteiger partial charge on any atom is -0.466 e. The van der Waals surface area contributed by atoms with Crippen LogP contribution < -0.4 is 0 Å². The number of ketones is 6. The van der Waals surface area contributed by atoms with Gasteiger partial charge in [0.05, 0.1) is 89.4 Å². The molecule has 24 nitrogen and oxygen atoms in total. The molecule has 24 heteroatoms. The Balaban J connectivity index is -0.000000235. The van der Waals surface area contributed by atoms with E-state index in [4.69, 9.17) is 56.8 Å². The van der Waals surface area contributed by atoms with Crippen molar-refractivity contribution in [2.75, 3.05) is 109 Å². The van der Waals surface area contributed by atoms with Crippen LogP contribution in [0, 0.1) is 23.7 Å². The highest BCUT2D eigenvalue weighted by atomic mass is 16.6. The average Bonchev–Trinajstić information content (AvgIpc) is 3.53. The van der Waals surface area contributed by atoms with Gasteiger partial charge in [-0.15, -0.1) is 0 Å². The van der Waals surface area contributed by atoms with E-state index in [9.17, 15) is 57.5 Å². The summed E-state index contributed by atoms with van der Waals surface area (Å²) in [6.07, 6.45) is 11.2. The minimum absolute atomic E-state index is 0.0128. The fourth-order valence-electron chi connectivity index (χ4n) is 6.38. The van der Waals surface area contributed by atoms with Gasteiger partial charge in [0.1, 0.15) is 34.7 Å². The number of methoxy groups -OCH3 is 6. The molecule has 0 aliphatic carbocycles. The molecule has 0 heterocycles. The molecule has 0 rings (SSSR count). The summed E-state index contributed by atoms with van der Waals surface area (Å²) >= 11 is 0. The highest BCUT2D eigenvalue weighted by molar-refractivity contribution is 5.84. The van der Waals surface area contributed by atoms with Crippen molar-refractivity contribution in [2.45, 2.75) is 224 Å². The molecule has 90 heavy (non-hydrogen) atoms. The molecule has 6 atom stereocenters. The third kappa shape index (κ3) is 84.7. The number of esters is 6. The molecule has 0 amide bonds. The normalized spacial score (nSPS) is 12.2. The molecule has 0 N–H and O–H groups in total. The van der Waals surface area contributed by atoms with Gasteiger partial charge in [0.25, 0.3) is 0 Å². The van der Waals surface area contributed by atoms with Gasteiger partial charge in [-0.3, -0.25) is 28.8 Å². The number of hydrogen-bond donors (Lipinski definition) is 0. The number of unbranched alkanes of at least 4 members (excludes halogenated alkanes) is 2. The van der Waals surface area contributed by atoms with Gasteiger partial charge in [0, 0.05) is 108 Å². The Kier molecular flexibility index (Phi) is 73.9. The van der Waals surface area contributed by atoms with Crippen LogP contribution in [0.3, 0.4) is 0 Å². The molecule has 0 aliphatic heterocycles. The Labute approximate surface area is 539 Å². The molecule has 528 valence electrons. The first-order valence-electron chi connectivity index (χ1n) is 31.3. The van der Waals surface area contributed by atoms with Crippen LogP contribution in [0.2, 0.25) is 0 Å². The monoisotopic (exact) mass is 1300 g/mol. The molecule has 6 unspecified atom stereocenters. The number of carbonyl (C=O) groups is 12. The van der Waals surface area contributed by atoms with Crippen molar-refractivity contribution in [3.05, 3.63) is 0 Å². The lowest BCUT2D eigenvalue weighted by Crippen LogP contribution is -2.17. The molecule has 0 saturated carbocycles. The van der Waals surface area contributed by atoms with Gasteiger partial charge < -0.3 is 85.6 Å². The molecular weight excluding hydrogens is 1180 g/mol. The first-order chi connectivity index (χ1) is 42.4. The fourth-order valence-corrected chi connectivity index (χ4v) is 6.38. The van der Waals surface area contributed by atoms with Gasteiger partial charge in [-0.05, 0) is 131 Å². The van der Waals surface area contributed by atoms with E-state index >= 15 is 0 Å². The molecule has 0 radical (unpaired) electrons. The maximum absolute atomic E-state index is 11.3. The SMILES string of the molecule is COC(C)CCCOC(=O)CCC(C)=O.COC(C)CCCOC(=O)CCC(C)=O.COCCC(C)COC(=O)CCC(C)=O.COCCC(C)COC(=O)CCC(C)=O.COCCCCOC(=O)C(C)CC(C)=O.COCCCCOC(=O)C(C)CC(C)=O. The fraction of sp³-hybridized carbons (Fsp3) is 0.818. The summed E-state index contributed by atoms with van der Waals surface area (Å²) < 4.78 is 59.6. The smallest absolute Gasteiger partial charge is 0.309 e. The van der Waals surface area contributed by atoms with E-state index in [1.165, 1.54) is 41.5 Å². The Bertz CT molecular complexity index is 1760. The van der Waals surface area contributed by atoms with Crippen molar-refractivity contribution < 1.29 is 114 Å². The lowest BCUT2D eigenvalue weighted by atomic mass is 10.1. The van der Waals surface area contributed by atoms with Crippen LogP contribution in [-0.4, -0.2) is 191 Å². The Morgan fingerprint density at radius 2 is 0.533 bits per heavy atom. The third-order valence-corrected chi connectivity index (χ3v) is 12.2. The van der Waals surface area contributed by atoms with E-state index in [0.717, 1.165) is 64.2 Å². The maximum atomic E-state index is 11.3. The number of ether oxygens (including phenoxy) is 12. The van der Waals surface area contributed by atoms with Crippen LogP contribution in [0.5, 0.6) is 0 Å². The average molecular weight is 1300 g/mol. The van der Waals surface area contributed by atoms with Crippen LogP contribution in [0.15, 0.2) is 0 Å². The molecule has 0 spiro atoms. The van der Waals surface area contributed by atoms with Crippen molar-refractivity contribution in [3.8, 4) is 0 Å². The van der Waals surface area contributed by atoms with E-state index in [0.29, 0.717) is 77.9 Å². The Morgan fingerprint density at radius 1 is 0.278 bits per heavy atom. The molecule has 0 aromatic heterocycles. The highest BCUT2D eigenvalue weighted by Crippen LogP contribution is 2.09. The second-order valence-corrected chi connectivity index (χ2v) is 22.1. The van der Waals surface area contributed by atoms with Crippen LogP contribution in [0.4, 0.5) is 0 Å². The standard InChI is InChI=1S/6C11H20O4/c2*1-9(6-7-14-3)8-15-11(13)5-4-10(2)12;2*1-9(12)6-7-11(13)15-8-4-5-10(2)14-3;2*1-9(8-10(2)12)11(13)15-7-5-4-6-14-3/h2*9H,4-8H2,1-3H3;2*10H,4-8H2,1-3H3;2*9H,4-8H2,1-3H3. The molecule has 0 saturated heterocycles. The summed E-state index contributed by atoms with van der Waals surface area (Å²) in [6, 6.07) is 0. The summed E-state index contributed by atoms with van der Waals surface area (Å²) in [4.78, 5) is 131. The number of hydrogen-bond acceptors (Lipinski definition) is 24. The van der Waals surface area contributed by atoms with E-state index < -0.39 is 0 Å². The van der Waals surface area contributed by atoms with Crippen molar-refractivity contribution in [1.29, 1.82) is 0 Å². The Morgan fingerprint density at radius 3 is 0.778 bits per heavy atom. The minimum atomic E-state index is -0.329. The first kappa shape index (κ1) is 95.7. The van der Waals surface area contributed by atoms with Crippen LogP contribution in [0.1, 0.15) is 212 Å². The summed E-state index contributed by atoms with van der Waals surface area (Å²) in [6.45, 7) is 25.3. The second-order valence-electron chi connectivity index (χ2n) is 22.1. The number of carbonyl (C=O) groups excluding carboxylic acids is 12. The zero-order chi connectivity index (χ0) is 70.1. The lowest BCUT2D eigenvalue weighted by Gasteiger charge is -2.11. The van der Waals surface area contributed by atoms with Crippen LogP contribution in [0.25, 0.3) is 0 Å². The van der Waals surface area contributed by atoms with Crippen molar-refractivity contribution in [3.63, 3.8) is 0 Å². The van der Waals surface area contributed by atoms with E-state index in [-0.39, 0.29) is 159 Å². The molecule has 0 aromatic carbocycles. The zero-order valence-corrected chi connectivity index (χ0v) is 58.5. The summed E-state index contributed by atoms with van der Waals surface area (Å²) in [7, 11) is 9.88.